The number of carbonyl (C=O) groups excluding carboxylic acids is 1. The van der Waals surface area contributed by atoms with Gasteiger partial charge < -0.3 is 15.2 Å². The predicted octanol–water partition coefficient (Wildman–Crippen LogP) is 2.70. The molecule has 20 heavy (non-hydrogen) atoms. The molecule has 2 aromatic rings. The number of aliphatic hydroxyl groups is 1. The molecule has 1 unspecified atom stereocenters. The Morgan fingerprint density at radius 1 is 1.15 bits per heavy atom. The number of fused-ring (bicyclic) bond motifs is 1. The molecule has 1 amide bonds. The van der Waals surface area contributed by atoms with E-state index < -0.39 is 6.10 Å². The molecule has 0 aliphatic carbocycles. The van der Waals surface area contributed by atoms with Crippen molar-refractivity contribution in [1.82, 2.24) is 0 Å². The first-order chi connectivity index (χ1) is 9.63. The van der Waals surface area contributed by atoms with Gasteiger partial charge in [0, 0.05) is 3.57 Å². The van der Waals surface area contributed by atoms with Gasteiger partial charge in [-0.15, -0.1) is 0 Å². The average Bonchev–Trinajstić information content (AvgIpc) is 2.46. The number of ether oxygens (including phenoxy) is 1. The molecule has 0 bridgehead atoms. The van der Waals surface area contributed by atoms with Crippen LogP contribution in [0.3, 0.4) is 0 Å². The summed E-state index contributed by atoms with van der Waals surface area (Å²) in [6.07, 6.45) is -0.726. The van der Waals surface area contributed by atoms with Crippen LogP contribution in [0.2, 0.25) is 0 Å². The molecule has 1 heterocycles. The minimum Gasteiger partial charge on any atom is -0.482 e. The highest BCUT2D eigenvalue weighted by Crippen LogP contribution is 2.32. The Hall–Kier alpha value is -1.60. The van der Waals surface area contributed by atoms with Gasteiger partial charge in [-0.3, -0.25) is 4.79 Å². The summed E-state index contributed by atoms with van der Waals surface area (Å²) in [7, 11) is 0. The summed E-state index contributed by atoms with van der Waals surface area (Å²) in [4.78, 5) is 11.3. The van der Waals surface area contributed by atoms with E-state index in [1.54, 1.807) is 18.2 Å². The van der Waals surface area contributed by atoms with Gasteiger partial charge in [-0.05, 0) is 58.0 Å². The molecular formula is C15H12INO3. The normalized spacial score (nSPS) is 15.0. The number of carbonyl (C=O) groups is 1. The third-order valence-electron chi connectivity index (χ3n) is 3.14. The molecule has 0 aromatic heterocycles. The third-order valence-corrected chi connectivity index (χ3v) is 3.86. The maximum Gasteiger partial charge on any atom is 0.262 e. The quantitative estimate of drug-likeness (QED) is 0.787. The van der Waals surface area contributed by atoms with Crippen molar-refractivity contribution in [3.8, 4) is 5.75 Å². The van der Waals surface area contributed by atoms with Crippen molar-refractivity contribution >= 4 is 34.2 Å². The molecule has 0 spiro atoms. The number of aliphatic hydroxyl groups excluding tert-OH is 1. The van der Waals surface area contributed by atoms with Gasteiger partial charge in [0.15, 0.2) is 6.61 Å². The van der Waals surface area contributed by atoms with Crippen molar-refractivity contribution < 1.29 is 14.6 Å². The SMILES string of the molecule is O=C1COc2ccc(C(O)c3ccc(I)cc3)cc2N1. The first-order valence-electron chi connectivity index (χ1n) is 6.13. The molecule has 1 aliphatic heterocycles. The molecule has 0 saturated carbocycles. The zero-order chi connectivity index (χ0) is 14.1. The Bertz CT molecular complexity index is 655. The van der Waals surface area contributed by atoms with Crippen LogP contribution in [0.1, 0.15) is 17.2 Å². The van der Waals surface area contributed by atoms with E-state index in [-0.39, 0.29) is 12.5 Å². The smallest absolute Gasteiger partial charge is 0.262 e. The average molecular weight is 381 g/mol. The summed E-state index contributed by atoms with van der Waals surface area (Å²) >= 11 is 2.22. The number of rotatable bonds is 2. The van der Waals surface area contributed by atoms with Crippen LogP contribution >= 0.6 is 22.6 Å². The summed E-state index contributed by atoms with van der Waals surface area (Å²) in [6.45, 7) is 0.0338. The van der Waals surface area contributed by atoms with E-state index >= 15 is 0 Å². The number of hydrogen-bond donors (Lipinski definition) is 2. The van der Waals surface area contributed by atoms with Crippen LogP contribution in [-0.4, -0.2) is 17.6 Å². The van der Waals surface area contributed by atoms with Crippen molar-refractivity contribution in [2.45, 2.75) is 6.10 Å². The first kappa shape index (κ1) is 13.4. The summed E-state index contributed by atoms with van der Waals surface area (Å²) in [6, 6.07) is 13.0. The largest absolute Gasteiger partial charge is 0.482 e. The van der Waals surface area contributed by atoms with Gasteiger partial charge in [0.25, 0.3) is 5.91 Å². The highest BCUT2D eigenvalue weighted by Gasteiger charge is 2.18. The molecule has 4 nitrogen and oxygen atoms in total. The van der Waals surface area contributed by atoms with Gasteiger partial charge in [-0.25, -0.2) is 0 Å². The number of benzene rings is 2. The Morgan fingerprint density at radius 3 is 2.60 bits per heavy atom. The van der Waals surface area contributed by atoms with Gasteiger partial charge >= 0.3 is 0 Å². The van der Waals surface area contributed by atoms with E-state index in [1.807, 2.05) is 24.3 Å². The molecule has 3 rings (SSSR count). The van der Waals surface area contributed by atoms with E-state index in [0.29, 0.717) is 11.4 Å². The Morgan fingerprint density at radius 2 is 1.85 bits per heavy atom. The number of hydrogen-bond acceptors (Lipinski definition) is 3. The van der Waals surface area contributed by atoms with Crippen molar-refractivity contribution in [2.75, 3.05) is 11.9 Å². The molecule has 0 saturated heterocycles. The Labute approximate surface area is 129 Å². The predicted molar refractivity (Wildman–Crippen MR) is 83.8 cm³/mol. The molecular weight excluding hydrogens is 369 g/mol. The monoisotopic (exact) mass is 381 g/mol. The van der Waals surface area contributed by atoms with Crippen LogP contribution in [0, 0.1) is 3.57 Å². The van der Waals surface area contributed by atoms with E-state index in [0.717, 1.165) is 14.7 Å². The van der Waals surface area contributed by atoms with Crippen LogP contribution in [0.5, 0.6) is 5.75 Å². The van der Waals surface area contributed by atoms with Crippen molar-refractivity contribution in [3.63, 3.8) is 0 Å². The van der Waals surface area contributed by atoms with Crippen molar-refractivity contribution in [2.24, 2.45) is 0 Å². The zero-order valence-electron chi connectivity index (χ0n) is 10.5. The van der Waals surface area contributed by atoms with E-state index in [4.69, 9.17) is 4.74 Å². The van der Waals surface area contributed by atoms with Gasteiger partial charge in [-0.2, -0.15) is 0 Å². The molecule has 1 aliphatic rings. The lowest BCUT2D eigenvalue weighted by Gasteiger charge is -2.20. The molecule has 1 atom stereocenters. The van der Waals surface area contributed by atoms with Gasteiger partial charge in [-0.1, -0.05) is 18.2 Å². The number of amides is 1. The Kier molecular flexibility index (Phi) is 3.62. The molecule has 5 heteroatoms. The minimum absolute atomic E-state index is 0.0338. The lowest BCUT2D eigenvalue weighted by atomic mass is 10.0. The van der Waals surface area contributed by atoms with Crippen LogP contribution < -0.4 is 10.1 Å². The molecule has 0 fully saturated rings. The fourth-order valence-corrected chi connectivity index (χ4v) is 2.47. The minimum atomic E-state index is -0.726. The van der Waals surface area contributed by atoms with Gasteiger partial charge in [0.2, 0.25) is 0 Å². The fraction of sp³-hybridized carbons (Fsp3) is 0.133. The van der Waals surface area contributed by atoms with Crippen LogP contribution in [0.4, 0.5) is 5.69 Å². The highest BCUT2D eigenvalue weighted by molar-refractivity contribution is 14.1. The van der Waals surface area contributed by atoms with E-state index in [2.05, 4.69) is 27.9 Å². The van der Waals surface area contributed by atoms with Crippen molar-refractivity contribution in [1.29, 1.82) is 0 Å². The lowest BCUT2D eigenvalue weighted by Crippen LogP contribution is -2.25. The molecule has 0 radical (unpaired) electrons. The number of nitrogens with one attached hydrogen (secondary N) is 1. The van der Waals surface area contributed by atoms with E-state index in [9.17, 15) is 9.90 Å². The van der Waals surface area contributed by atoms with Crippen LogP contribution in [0.25, 0.3) is 0 Å². The second-order valence-electron chi connectivity index (χ2n) is 4.55. The topological polar surface area (TPSA) is 58.6 Å². The standard InChI is InChI=1S/C15H12INO3/c16-11-4-1-9(2-5-11)15(19)10-3-6-13-12(7-10)17-14(18)8-20-13/h1-7,15,19H,8H2,(H,17,18). The van der Waals surface area contributed by atoms with Gasteiger partial charge in [0.05, 0.1) is 5.69 Å². The Balaban J connectivity index is 1.92. The second kappa shape index (κ2) is 5.41. The molecule has 2 N–H and O–H groups in total. The van der Waals surface area contributed by atoms with Crippen LogP contribution in [0.15, 0.2) is 42.5 Å². The summed E-state index contributed by atoms with van der Waals surface area (Å²) in [5.74, 6) is 0.446. The maximum atomic E-state index is 11.3. The third kappa shape index (κ3) is 2.64. The second-order valence-corrected chi connectivity index (χ2v) is 5.79. The van der Waals surface area contributed by atoms with Crippen molar-refractivity contribution in [3.05, 3.63) is 57.2 Å². The summed E-state index contributed by atoms with van der Waals surface area (Å²) < 4.78 is 6.41. The number of halogens is 1. The first-order valence-corrected chi connectivity index (χ1v) is 7.21. The fourth-order valence-electron chi connectivity index (χ4n) is 2.11. The molecule has 102 valence electrons. The molecule has 2 aromatic carbocycles. The maximum absolute atomic E-state index is 11.3. The lowest BCUT2D eigenvalue weighted by molar-refractivity contribution is -0.118. The summed E-state index contributed by atoms with van der Waals surface area (Å²) in [5, 5.41) is 13.1. The zero-order valence-corrected chi connectivity index (χ0v) is 12.6. The van der Waals surface area contributed by atoms with Gasteiger partial charge in [0.1, 0.15) is 11.9 Å². The van der Waals surface area contributed by atoms with E-state index in [1.165, 1.54) is 0 Å². The summed E-state index contributed by atoms with van der Waals surface area (Å²) in [5.41, 5.74) is 2.13. The highest BCUT2D eigenvalue weighted by atomic mass is 127. The number of anilines is 1. The van der Waals surface area contributed by atoms with Crippen LogP contribution in [-0.2, 0) is 4.79 Å².